The van der Waals surface area contributed by atoms with Crippen molar-refractivity contribution in [2.75, 3.05) is 27.2 Å². The summed E-state index contributed by atoms with van der Waals surface area (Å²) in [6.45, 7) is 5.72. The molecule has 2 N–H and O–H groups in total. The number of hydrogen-bond acceptors (Lipinski definition) is 3. The molecule has 27 heavy (non-hydrogen) atoms. The largest absolute Gasteiger partial charge is 0.481 e. The van der Waals surface area contributed by atoms with Gasteiger partial charge in [-0.1, -0.05) is 78.1 Å². The van der Waals surface area contributed by atoms with Crippen molar-refractivity contribution in [3.63, 3.8) is 0 Å². The number of carbonyl (C=O) groups excluding carboxylic acids is 1. The zero-order valence-corrected chi connectivity index (χ0v) is 18.5. The van der Waals surface area contributed by atoms with Gasteiger partial charge in [-0.05, 0) is 33.5 Å². The van der Waals surface area contributed by atoms with Crippen LogP contribution in [0.3, 0.4) is 0 Å². The maximum Gasteiger partial charge on any atom is 0.303 e. The first-order valence-electron chi connectivity index (χ1n) is 11.1. The van der Waals surface area contributed by atoms with Crippen LogP contribution in [0.2, 0.25) is 0 Å². The third-order valence-electron chi connectivity index (χ3n) is 4.41. The summed E-state index contributed by atoms with van der Waals surface area (Å²) in [4.78, 5) is 23.1. The number of aliphatic carboxylic acids is 1. The van der Waals surface area contributed by atoms with Gasteiger partial charge in [0.15, 0.2) is 0 Å². The predicted octanol–water partition coefficient (Wildman–Crippen LogP) is 5.24. The Hall–Kier alpha value is -1.10. The van der Waals surface area contributed by atoms with Crippen molar-refractivity contribution in [2.24, 2.45) is 0 Å². The second kappa shape index (κ2) is 22.9. The van der Waals surface area contributed by atoms with E-state index >= 15 is 0 Å². The van der Waals surface area contributed by atoms with Crippen LogP contribution in [0.1, 0.15) is 104 Å². The van der Waals surface area contributed by atoms with Crippen LogP contribution in [0.25, 0.3) is 0 Å². The lowest BCUT2D eigenvalue weighted by molar-refractivity contribution is -0.136. The number of carbonyl (C=O) groups is 2. The second-order valence-electron chi connectivity index (χ2n) is 7.54. The van der Waals surface area contributed by atoms with Crippen molar-refractivity contribution < 1.29 is 14.7 Å². The van der Waals surface area contributed by atoms with Gasteiger partial charge in [0.25, 0.3) is 0 Å². The highest BCUT2D eigenvalue weighted by Gasteiger charge is 2.00. The number of rotatable bonds is 17. The van der Waals surface area contributed by atoms with Gasteiger partial charge in [0, 0.05) is 19.4 Å². The average molecular weight is 387 g/mol. The standard InChI is InChI=1S/C19H40N2O.C3H6O2/c1-4-5-6-7-8-9-10-11-12-13-14-16-19(22)20-17-15-18-21(2)3;1-2-3(4)5/h4-18H2,1-3H3,(H,20,22);2H2,1H3,(H,4,5). The van der Waals surface area contributed by atoms with Gasteiger partial charge in [0.05, 0.1) is 0 Å². The molecule has 0 aromatic heterocycles. The molecule has 0 radical (unpaired) electrons. The molecule has 5 heteroatoms. The molecule has 0 aromatic carbocycles. The highest BCUT2D eigenvalue weighted by atomic mass is 16.4. The van der Waals surface area contributed by atoms with E-state index in [1.165, 1.54) is 64.2 Å². The minimum Gasteiger partial charge on any atom is -0.481 e. The first kappa shape index (κ1) is 28.1. The fourth-order valence-electron chi connectivity index (χ4n) is 2.66. The predicted molar refractivity (Wildman–Crippen MR) is 115 cm³/mol. The highest BCUT2D eigenvalue weighted by Crippen LogP contribution is 2.11. The lowest BCUT2D eigenvalue weighted by Gasteiger charge is -2.09. The topological polar surface area (TPSA) is 69.6 Å². The molecule has 0 saturated heterocycles. The van der Waals surface area contributed by atoms with Crippen LogP contribution in [-0.4, -0.2) is 49.1 Å². The summed E-state index contributed by atoms with van der Waals surface area (Å²) in [6, 6.07) is 0. The van der Waals surface area contributed by atoms with E-state index in [1.54, 1.807) is 6.92 Å². The quantitative estimate of drug-likeness (QED) is 0.336. The number of nitrogens with one attached hydrogen (secondary N) is 1. The second-order valence-corrected chi connectivity index (χ2v) is 7.54. The summed E-state index contributed by atoms with van der Waals surface area (Å²) < 4.78 is 0. The van der Waals surface area contributed by atoms with Crippen LogP contribution in [0.15, 0.2) is 0 Å². The first-order chi connectivity index (χ1) is 12.9. The highest BCUT2D eigenvalue weighted by molar-refractivity contribution is 5.75. The van der Waals surface area contributed by atoms with Crippen molar-refractivity contribution in [3.05, 3.63) is 0 Å². The van der Waals surface area contributed by atoms with Crippen molar-refractivity contribution in [1.82, 2.24) is 10.2 Å². The molecule has 0 rings (SSSR count). The average Bonchev–Trinajstić information content (AvgIpc) is 2.63. The number of amides is 1. The summed E-state index contributed by atoms with van der Waals surface area (Å²) >= 11 is 0. The van der Waals surface area contributed by atoms with E-state index in [1.807, 2.05) is 0 Å². The minimum atomic E-state index is -0.745. The summed E-state index contributed by atoms with van der Waals surface area (Å²) in [5.41, 5.74) is 0. The summed E-state index contributed by atoms with van der Waals surface area (Å²) in [5, 5.41) is 10.7. The molecule has 0 atom stereocenters. The van der Waals surface area contributed by atoms with E-state index in [2.05, 4.69) is 31.2 Å². The summed E-state index contributed by atoms with van der Waals surface area (Å²) in [6.07, 6.45) is 16.6. The van der Waals surface area contributed by atoms with Crippen LogP contribution in [0.5, 0.6) is 0 Å². The Balaban J connectivity index is 0. The molecular weight excluding hydrogens is 340 g/mol. The molecule has 0 aliphatic heterocycles. The van der Waals surface area contributed by atoms with Gasteiger partial charge in [-0.25, -0.2) is 0 Å². The van der Waals surface area contributed by atoms with Gasteiger partial charge < -0.3 is 15.3 Å². The molecule has 1 amide bonds. The molecule has 0 aliphatic rings. The van der Waals surface area contributed by atoms with Crippen molar-refractivity contribution in [2.45, 2.75) is 104 Å². The Morgan fingerprint density at radius 2 is 1.22 bits per heavy atom. The third kappa shape index (κ3) is 29.9. The summed E-state index contributed by atoms with van der Waals surface area (Å²) in [7, 11) is 4.13. The monoisotopic (exact) mass is 386 g/mol. The van der Waals surface area contributed by atoms with Gasteiger partial charge >= 0.3 is 5.97 Å². The molecule has 0 saturated carbocycles. The molecule has 0 aromatic rings. The van der Waals surface area contributed by atoms with Crippen LogP contribution >= 0.6 is 0 Å². The smallest absolute Gasteiger partial charge is 0.303 e. The van der Waals surface area contributed by atoms with E-state index in [9.17, 15) is 9.59 Å². The van der Waals surface area contributed by atoms with Gasteiger partial charge in [0.1, 0.15) is 0 Å². The number of nitrogens with zero attached hydrogens (tertiary/aromatic N) is 1. The molecule has 0 heterocycles. The van der Waals surface area contributed by atoms with Crippen molar-refractivity contribution >= 4 is 11.9 Å². The summed E-state index contributed by atoms with van der Waals surface area (Å²) in [5.74, 6) is -0.514. The number of carboxylic acid groups (broad SMARTS) is 1. The minimum absolute atomic E-state index is 0.222. The Morgan fingerprint density at radius 1 is 0.778 bits per heavy atom. The normalized spacial score (nSPS) is 10.4. The molecule has 0 spiro atoms. The van der Waals surface area contributed by atoms with Gasteiger partial charge in [-0.2, -0.15) is 0 Å². The maximum absolute atomic E-state index is 11.6. The molecule has 0 fully saturated rings. The van der Waals surface area contributed by atoms with E-state index in [0.717, 1.165) is 25.9 Å². The van der Waals surface area contributed by atoms with E-state index < -0.39 is 5.97 Å². The SMILES string of the molecule is CCC(=O)O.CCCCCCCCCCCCCC(=O)NCCCN(C)C. The van der Waals surface area contributed by atoms with Crippen molar-refractivity contribution in [1.29, 1.82) is 0 Å². The lowest BCUT2D eigenvalue weighted by atomic mass is 10.1. The van der Waals surface area contributed by atoms with Gasteiger partial charge in [-0.3, -0.25) is 9.59 Å². The Bertz CT molecular complexity index is 334. The molecule has 162 valence electrons. The number of carboxylic acids is 1. The van der Waals surface area contributed by atoms with Crippen molar-refractivity contribution in [3.8, 4) is 0 Å². The Morgan fingerprint density at radius 3 is 1.63 bits per heavy atom. The van der Waals surface area contributed by atoms with E-state index in [-0.39, 0.29) is 12.3 Å². The number of unbranched alkanes of at least 4 members (excludes halogenated alkanes) is 10. The van der Waals surface area contributed by atoms with Gasteiger partial charge in [0.2, 0.25) is 5.91 Å². The maximum atomic E-state index is 11.6. The lowest BCUT2D eigenvalue weighted by Crippen LogP contribution is -2.26. The molecule has 0 bridgehead atoms. The molecular formula is C22H46N2O3. The molecule has 5 nitrogen and oxygen atoms in total. The van der Waals surface area contributed by atoms with Crippen LogP contribution in [-0.2, 0) is 9.59 Å². The van der Waals surface area contributed by atoms with E-state index in [4.69, 9.17) is 5.11 Å². The van der Waals surface area contributed by atoms with E-state index in [0.29, 0.717) is 6.42 Å². The Kier molecular flexibility index (Phi) is 23.9. The number of hydrogen-bond donors (Lipinski definition) is 2. The van der Waals surface area contributed by atoms with Crippen LogP contribution < -0.4 is 5.32 Å². The fourth-order valence-corrected chi connectivity index (χ4v) is 2.66. The van der Waals surface area contributed by atoms with Crippen LogP contribution in [0, 0.1) is 0 Å². The fraction of sp³-hybridized carbons (Fsp3) is 0.909. The Labute approximate surface area is 168 Å². The van der Waals surface area contributed by atoms with Crippen LogP contribution in [0.4, 0.5) is 0 Å². The van der Waals surface area contributed by atoms with Gasteiger partial charge in [-0.15, -0.1) is 0 Å². The molecule has 0 aliphatic carbocycles. The third-order valence-corrected chi connectivity index (χ3v) is 4.41. The zero-order chi connectivity index (χ0) is 20.8. The molecule has 0 unspecified atom stereocenters. The first-order valence-corrected chi connectivity index (χ1v) is 11.1. The zero-order valence-electron chi connectivity index (χ0n) is 18.5.